The van der Waals surface area contributed by atoms with Crippen molar-refractivity contribution in [3.63, 3.8) is 0 Å². The molecule has 0 aliphatic carbocycles. The van der Waals surface area contributed by atoms with Crippen molar-refractivity contribution in [3.05, 3.63) is 127 Å². The van der Waals surface area contributed by atoms with E-state index in [4.69, 9.17) is 14.0 Å². The molecule has 6 aromatic carbocycles. The first-order valence-electron chi connectivity index (χ1n) is 11.9. The van der Waals surface area contributed by atoms with Crippen LogP contribution in [0.2, 0.25) is 0 Å². The van der Waals surface area contributed by atoms with Gasteiger partial charge in [0.15, 0.2) is 0 Å². The van der Waals surface area contributed by atoms with Gasteiger partial charge in [-0.15, -0.1) is 0 Å². The molecule has 3 N–H and O–H groups in total. The number of benzene rings is 6. The summed E-state index contributed by atoms with van der Waals surface area (Å²) in [7, 11) is 2.39. The molecule has 0 amide bonds. The van der Waals surface area contributed by atoms with Gasteiger partial charge >= 0.3 is 7.32 Å². The predicted octanol–water partition coefficient (Wildman–Crippen LogP) is 8.32. The first-order valence-corrected chi connectivity index (χ1v) is 11.9. The van der Waals surface area contributed by atoms with Gasteiger partial charge in [0.25, 0.3) is 0 Å². The molecule has 0 saturated heterocycles. The normalized spacial score (nSPS) is 10.4. The molecule has 4 nitrogen and oxygen atoms in total. The molecule has 0 aliphatic rings. The molecule has 37 heavy (non-hydrogen) atoms. The Bertz CT molecular complexity index is 1550. The Hall–Kier alpha value is -4.16. The average molecular weight is 487 g/mol. The topological polar surface area (TPSA) is 62.7 Å². The third-order valence-corrected chi connectivity index (χ3v) is 6.18. The quantitative estimate of drug-likeness (QED) is 0.151. The van der Waals surface area contributed by atoms with Gasteiger partial charge in [-0.2, -0.15) is 0 Å². The second-order valence-corrected chi connectivity index (χ2v) is 8.45. The maximum atomic E-state index is 5.90. The number of hydrogen-bond donors (Lipinski definition) is 1. The van der Waals surface area contributed by atoms with Crippen LogP contribution in [-0.2, 0) is 9.31 Å². The summed E-state index contributed by atoms with van der Waals surface area (Å²) in [5, 5.41) is 6.98. The first kappa shape index (κ1) is 25.9. The molecule has 0 unspecified atom stereocenters. The minimum Gasteiger partial charge on any atom is -0.511 e. The van der Waals surface area contributed by atoms with Crippen molar-refractivity contribution >= 4 is 39.6 Å². The molecule has 0 saturated carbocycles. The Kier molecular flexibility index (Phi) is 8.54. The highest BCUT2D eigenvalue weighted by atomic mass is 16.7. The van der Waals surface area contributed by atoms with Crippen molar-refractivity contribution in [3.8, 4) is 16.9 Å². The molecule has 184 valence electrons. The maximum absolute atomic E-state index is 5.90. The van der Waals surface area contributed by atoms with Crippen LogP contribution < -0.4 is 10.8 Å². The van der Waals surface area contributed by atoms with Crippen molar-refractivity contribution in [2.45, 2.75) is 0 Å². The smallest absolute Gasteiger partial charge is 0.511 e. The van der Waals surface area contributed by atoms with E-state index in [-0.39, 0.29) is 6.15 Å². The van der Waals surface area contributed by atoms with Crippen molar-refractivity contribution < 1.29 is 14.0 Å². The van der Waals surface area contributed by atoms with Crippen LogP contribution in [0.1, 0.15) is 0 Å². The predicted molar refractivity (Wildman–Crippen MR) is 156 cm³/mol. The van der Waals surface area contributed by atoms with E-state index in [9.17, 15) is 0 Å². The lowest BCUT2D eigenvalue weighted by molar-refractivity contribution is 0.202. The van der Waals surface area contributed by atoms with Gasteiger partial charge in [-0.05, 0) is 56.3 Å². The Morgan fingerprint density at radius 2 is 1.00 bits per heavy atom. The lowest BCUT2D eigenvalue weighted by Gasteiger charge is -2.15. The van der Waals surface area contributed by atoms with Crippen LogP contribution in [0, 0.1) is 0 Å². The van der Waals surface area contributed by atoms with Gasteiger partial charge in [-0.3, -0.25) is 0 Å². The van der Waals surface area contributed by atoms with Crippen LogP contribution in [0.5, 0.6) is 5.75 Å². The number of hydrogen-bond acceptors (Lipinski definition) is 4. The van der Waals surface area contributed by atoms with Crippen LogP contribution >= 0.6 is 0 Å². The number of fused-ring (bicyclic) bond motifs is 4. The average Bonchev–Trinajstić information content (AvgIpc) is 2.96. The van der Waals surface area contributed by atoms with E-state index in [1.807, 2.05) is 24.3 Å². The minimum absolute atomic E-state index is 0. The van der Waals surface area contributed by atoms with E-state index in [0.717, 1.165) is 21.9 Å². The van der Waals surface area contributed by atoms with Crippen LogP contribution in [0.15, 0.2) is 127 Å². The van der Waals surface area contributed by atoms with Gasteiger partial charge in [0, 0.05) is 19.6 Å². The monoisotopic (exact) mass is 487 g/mol. The zero-order chi connectivity index (χ0) is 24.7. The molecule has 6 aromatic rings. The molecule has 0 aliphatic heterocycles. The highest BCUT2D eigenvalue weighted by Crippen LogP contribution is 2.35. The molecular weight excluding hydrogens is 457 g/mol. The standard InChI is InChI=1S/C20H17BO3.C12H10.H3N/c1-22-21(23-2)24-19-9-5-8-14-10-11-17-12-15-6-3-4-7-16(15)13-18(17)20(14)19;1-3-7-11(8-4-1)12-9-5-2-6-10-12;/h3-13H,1-2H3;1-10H;1H3. The van der Waals surface area contributed by atoms with Gasteiger partial charge in [-0.25, -0.2) is 0 Å². The van der Waals surface area contributed by atoms with Gasteiger partial charge < -0.3 is 20.1 Å². The zero-order valence-corrected chi connectivity index (χ0v) is 21.1. The summed E-state index contributed by atoms with van der Waals surface area (Å²) in [4.78, 5) is 0. The molecule has 5 heteroatoms. The molecule has 0 radical (unpaired) electrons. The van der Waals surface area contributed by atoms with Crippen molar-refractivity contribution in [1.29, 1.82) is 0 Å². The van der Waals surface area contributed by atoms with Gasteiger partial charge in [0.1, 0.15) is 5.75 Å². The largest absolute Gasteiger partial charge is 0.712 e. The summed E-state index contributed by atoms with van der Waals surface area (Å²) in [5.41, 5.74) is 2.55. The Balaban J connectivity index is 0.000000208. The third kappa shape index (κ3) is 5.81. The molecular formula is C32H30BNO3. The highest BCUT2D eigenvalue weighted by Gasteiger charge is 2.21. The van der Waals surface area contributed by atoms with Crippen molar-refractivity contribution in [1.82, 2.24) is 6.15 Å². The van der Waals surface area contributed by atoms with Crippen LogP contribution in [0.3, 0.4) is 0 Å². The molecule has 0 spiro atoms. The fraction of sp³-hybridized carbons (Fsp3) is 0.0625. The lowest BCUT2D eigenvalue weighted by atomic mass is 9.97. The molecule has 0 aromatic heterocycles. The maximum Gasteiger partial charge on any atom is 0.712 e. The summed E-state index contributed by atoms with van der Waals surface area (Å²) in [6.45, 7) is 0. The Morgan fingerprint density at radius 3 is 1.59 bits per heavy atom. The Morgan fingerprint density at radius 1 is 0.486 bits per heavy atom. The SMILES string of the molecule is COB(OC)Oc1cccc2ccc3cc4ccccc4cc3c12.N.c1ccc(-c2ccccc2)cc1. The summed E-state index contributed by atoms with van der Waals surface area (Å²) >= 11 is 0. The summed E-state index contributed by atoms with van der Waals surface area (Å²) in [6, 6.07) is 43.9. The first-order chi connectivity index (χ1) is 17.8. The summed E-state index contributed by atoms with van der Waals surface area (Å²) < 4.78 is 16.3. The molecule has 6 rings (SSSR count). The van der Waals surface area contributed by atoms with E-state index >= 15 is 0 Å². The molecule has 0 bridgehead atoms. The van der Waals surface area contributed by atoms with Crippen LogP contribution in [0.25, 0.3) is 43.4 Å². The van der Waals surface area contributed by atoms with E-state index in [1.165, 1.54) is 27.3 Å². The molecule has 0 fully saturated rings. The second-order valence-electron chi connectivity index (χ2n) is 8.45. The molecule has 0 heterocycles. The van der Waals surface area contributed by atoms with Gasteiger partial charge in [0.2, 0.25) is 0 Å². The summed E-state index contributed by atoms with van der Waals surface area (Å²) in [6.07, 6.45) is 0. The third-order valence-electron chi connectivity index (χ3n) is 6.18. The van der Waals surface area contributed by atoms with E-state index in [2.05, 4.69) is 103 Å². The van der Waals surface area contributed by atoms with E-state index in [1.54, 1.807) is 14.2 Å². The minimum atomic E-state index is -0.730. The molecule has 0 atom stereocenters. The zero-order valence-electron chi connectivity index (χ0n) is 21.1. The van der Waals surface area contributed by atoms with Gasteiger partial charge in [0.05, 0.1) is 0 Å². The highest BCUT2D eigenvalue weighted by molar-refractivity contribution is 6.37. The van der Waals surface area contributed by atoms with E-state index < -0.39 is 7.32 Å². The van der Waals surface area contributed by atoms with Crippen LogP contribution in [0.4, 0.5) is 0 Å². The second kappa shape index (κ2) is 12.2. The Labute approximate surface area is 218 Å². The van der Waals surface area contributed by atoms with E-state index in [0.29, 0.717) is 0 Å². The fourth-order valence-electron chi connectivity index (χ4n) is 4.42. The fourth-order valence-corrected chi connectivity index (χ4v) is 4.42. The van der Waals surface area contributed by atoms with Crippen LogP contribution in [-0.4, -0.2) is 21.5 Å². The number of rotatable bonds is 5. The van der Waals surface area contributed by atoms with Crippen molar-refractivity contribution in [2.75, 3.05) is 14.2 Å². The van der Waals surface area contributed by atoms with Gasteiger partial charge in [-0.1, -0.05) is 109 Å². The van der Waals surface area contributed by atoms with Crippen molar-refractivity contribution in [2.24, 2.45) is 0 Å². The summed E-state index contributed by atoms with van der Waals surface area (Å²) in [5.74, 6) is 0.752. The lowest BCUT2D eigenvalue weighted by Crippen LogP contribution is -2.27.